The largest absolute Gasteiger partial charge is 0.391 e. The molecule has 1 amide bonds. The van der Waals surface area contributed by atoms with Crippen LogP contribution < -0.4 is 11.3 Å². The molecule has 3 N–H and O–H groups in total. The van der Waals surface area contributed by atoms with E-state index in [-0.39, 0.29) is 6.61 Å². The van der Waals surface area contributed by atoms with Gasteiger partial charge in [-0.15, -0.1) is 11.3 Å². The van der Waals surface area contributed by atoms with Crippen LogP contribution in [0.1, 0.15) is 21.7 Å². The summed E-state index contributed by atoms with van der Waals surface area (Å²) < 4.78 is 42.1. The molecule has 0 aliphatic rings. The van der Waals surface area contributed by atoms with Gasteiger partial charge in [-0.05, 0) is 11.5 Å². The van der Waals surface area contributed by atoms with Gasteiger partial charge in [-0.1, -0.05) is 18.2 Å². The van der Waals surface area contributed by atoms with E-state index in [2.05, 4.69) is 0 Å². The number of nitrogen functional groups attached to an aromatic ring is 1. The Balaban J connectivity index is 2.18. The standard InChI is InChI=1S/C13H13F3N2O2S/c14-13(15,16)5-6-20-7-9-8-3-1-2-4-10(8)21-11(9)12(19)18-17/h1-4H,5-7,17H2,(H,18,19). The van der Waals surface area contributed by atoms with E-state index >= 15 is 0 Å². The molecule has 0 spiro atoms. The number of nitrogens with one attached hydrogen (secondary N) is 1. The van der Waals surface area contributed by atoms with Crippen LogP contribution in [-0.4, -0.2) is 18.7 Å². The van der Waals surface area contributed by atoms with Crippen molar-refractivity contribution in [3.63, 3.8) is 0 Å². The van der Waals surface area contributed by atoms with Crippen molar-refractivity contribution in [1.82, 2.24) is 5.43 Å². The third-order valence-corrected chi connectivity index (χ3v) is 4.02. The number of benzene rings is 1. The molecule has 0 bridgehead atoms. The number of hydrazine groups is 1. The number of alkyl halides is 3. The number of ether oxygens (including phenoxy) is 1. The number of halogens is 3. The molecule has 0 saturated heterocycles. The van der Waals surface area contributed by atoms with Crippen molar-refractivity contribution < 1.29 is 22.7 Å². The smallest absolute Gasteiger partial charge is 0.376 e. The van der Waals surface area contributed by atoms with Crippen molar-refractivity contribution in [2.45, 2.75) is 19.2 Å². The Bertz CT molecular complexity index is 640. The van der Waals surface area contributed by atoms with Gasteiger partial charge in [0, 0.05) is 10.3 Å². The van der Waals surface area contributed by atoms with E-state index in [4.69, 9.17) is 10.6 Å². The number of amides is 1. The van der Waals surface area contributed by atoms with Gasteiger partial charge in [-0.2, -0.15) is 13.2 Å². The first-order valence-electron chi connectivity index (χ1n) is 6.08. The van der Waals surface area contributed by atoms with E-state index in [1.165, 1.54) is 11.3 Å². The molecule has 0 atom stereocenters. The van der Waals surface area contributed by atoms with Gasteiger partial charge in [0.1, 0.15) is 0 Å². The summed E-state index contributed by atoms with van der Waals surface area (Å²) >= 11 is 1.23. The lowest BCUT2D eigenvalue weighted by Gasteiger charge is -2.08. The highest BCUT2D eigenvalue weighted by Gasteiger charge is 2.26. The number of rotatable bonds is 5. The molecular formula is C13H13F3N2O2S. The number of hydrogen-bond acceptors (Lipinski definition) is 4. The van der Waals surface area contributed by atoms with Crippen LogP contribution in [-0.2, 0) is 11.3 Å². The van der Waals surface area contributed by atoms with Gasteiger partial charge < -0.3 is 4.74 Å². The first-order valence-corrected chi connectivity index (χ1v) is 6.90. The fourth-order valence-corrected chi connectivity index (χ4v) is 2.96. The molecule has 4 nitrogen and oxygen atoms in total. The third kappa shape index (κ3) is 3.93. The molecule has 0 unspecified atom stereocenters. The number of carbonyl (C=O) groups is 1. The third-order valence-electron chi connectivity index (χ3n) is 2.81. The van der Waals surface area contributed by atoms with Gasteiger partial charge in [0.15, 0.2) is 0 Å². The summed E-state index contributed by atoms with van der Waals surface area (Å²) in [5.41, 5.74) is 2.59. The highest BCUT2D eigenvalue weighted by atomic mass is 32.1. The first kappa shape index (κ1) is 15.7. The average Bonchev–Trinajstić information content (AvgIpc) is 2.80. The number of fused-ring (bicyclic) bond motifs is 1. The quantitative estimate of drug-likeness (QED) is 0.385. The Morgan fingerprint density at radius 1 is 1.33 bits per heavy atom. The lowest BCUT2D eigenvalue weighted by molar-refractivity contribution is -0.146. The van der Waals surface area contributed by atoms with Crippen molar-refractivity contribution >= 4 is 27.3 Å². The van der Waals surface area contributed by atoms with Crippen molar-refractivity contribution in [3.8, 4) is 0 Å². The lowest BCUT2D eigenvalue weighted by atomic mass is 10.1. The Morgan fingerprint density at radius 2 is 2.05 bits per heavy atom. The molecule has 2 aromatic rings. The van der Waals surface area contributed by atoms with Crippen molar-refractivity contribution in [1.29, 1.82) is 0 Å². The predicted octanol–water partition coefficient (Wildman–Crippen LogP) is 2.97. The van der Waals surface area contributed by atoms with Crippen LogP contribution in [0.5, 0.6) is 0 Å². The van der Waals surface area contributed by atoms with Crippen LogP contribution in [0.3, 0.4) is 0 Å². The van der Waals surface area contributed by atoms with Gasteiger partial charge in [-0.25, -0.2) is 5.84 Å². The number of carbonyl (C=O) groups excluding carboxylic acids is 1. The van der Waals surface area contributed by atoms with Crippen molar-refractivity contribution in [2.24, 2.45) is 5.84 Å². The number of nitrogens with two attached hydrogens (primary N) is 1. The van der Waals surface area contributed by atoms with Crippen LogP contribution >= 0.6 is 11.3 Å². The fourth-order valence-electron chi connectivity index (χ4n) is 1.85. The summed E-state index contributed by atoms with van der Waals surface area (Å²) in [6, 6.07) is 7.23. The van der Waals surface area contributed by atoms with E-state index in [1.807, 2.05) is 17.6 Å². The Labute approximate surface area is 122 Å². The minimum absolute atomic E-state index is 0.0666. The second-order valence-corrected chi connectivity index (χ2v) is 5.35. The highest BCUT2D eigenvalue weighted by Crippen LogP contribution is 2.32. The molecule has 1 aromatic carbocycles. The van der Waals surface area contributed by atoms with E-state index in [0.717, 1.165) is 10.1 Å². The monoisotopic (exact) mass is 318 g/mol. The van der Waals surface area contributed by atoms with Gasteiger partial charge in [-0.3, -0.25) is 10.2 Å². The second-order valence-electron chi connectivity index (χ2n) is 4.30. The van der Waals surface area contributed by atoms with Crippen LogP contribution in [0.2, 0.25) is 0 Å². The molecule has 1 heterocycles. The Kier molecular flexibility index (Phi) is 4.81. The molecule has 21 heavy (non-hydrogen) atoms. The molecule has 0 saturated carbocycles. The molecular weight excluding hydrogens is 305 g/mol. The highest BCUT2D eigenvalue weighted by molar-refractivity contribution is 7.21. The van der Waals surface area contributed by atoms with Crippen molar-refractivity contribution in [2.75, 3.05) is 6.61 Å². The van der Waals surface area contributed by atoms with Gasteiger partial charge in [0.25, 0.3) is 5.91 Å². The number of thiophene rings is 1. The SMILES string of the molecule is NNC(=O)c1sc2ccccc2c1COCCC(F)(F)F. The molecule has 2 rings (SSSR count). The fraction of sp³-hybridized carbons (Fsp3) is 0.308. The Hall–Kier alpha value is -1.64. The van der Waals surface area contributed by atoms with E-state index in [1.54, 1.807) is 12.1 Å². The number of hydrogen-bond donors (Lipinski definition) is 2. The molecule has 114 valence electrons. The summed E-state index contributed by atoms with van der Waals surface area (Å²) in [4.78, 5) is 12.1. The van der Waals surface area contributed by atoms with Crippen LogP contribution in [0.15, 0.2) is 24.3 Å². The minimum Gasteiger partial charge on any atom is -0.376 e. The summed E-state index contributed by atoms with van der Waals surface area (Å²) in [5, 5.41) is 0.785. The summed E-state index contributed by atoms with van der Waals surface area (Å²) in [6.45, 7) is -0.514. The molecule has 0 radical (unpaired) electrons. The zero-order valence-corrected chi connectivity index (χ0v) is 11.7. The van der Waals surface area contributed by atoms with E-state index in [9.17, 15) is 18.0 Å². The lowest BCUT2D eigenvalue weighted by Crippen LogP contribution is -2.30. The maximum atomic E-state index is 12.1. The van der Waals surface area contributed by atoms with Gasteiger partial charge in [0.2, 0.25) is 0 Å². The van der Waals surface area contributed by atoms with Crippen LogP contribution in [0, 0.1) is 0 Å². The van der Waals surface area contributed by atoms with Crippen molar-refractivity contribution in [3.05, 3.63) is 34.7 Å². The molecule has 1 aromatic heterocycles. The molecule has 0 fully saturated rings. The Morgan fingerprint density at radius 3 is 2.71 bits per heavy atom. The van der Waals surface area contributed by atoms with Crippen LogP contribution in [0.4, 0.5) is 13.2 Å². The minimum atomic E-state index is -4.26. The average molecular weight is 318 g/mol. The summed E-state index contributed by atoms with van der Waals surface area (Å²) in [5.74, 6) is 4.64. The molecule has 8 heteroatoms. The van der Waals surface area contributed by atoms with E-state index < -0.39 is 25.1 Å². The maximum absolute atomic E-state index is 12.1. The van der Waals surface area contributed by atoms with E-state index in [0.29, 0.717) is 10.4 Å². The molecule has 0 aliphatic heterocycles. The topological polar surface area (TPSA) is 64.3 Å². The predicted molar refractivity (Wildman–Crippen MR) is 73.8 cm³/mol. The zero-order chi connectivity index (χ0) is 15.5. The normalized spacial score (nSPS) is 11.8. The van der Waals surface area contributed by atoms with Crippen LogP contribution in [0.25, 0.3) is 10.1 Å². The maximum Gasteiger partial charge on any atom is 0.391 e. The summed E-state index contributed by atoms with van der Waals surface area (Å²) in [7, 11) is 0. The van der Waals surface area contributed by atoms with Gasteiger partial charge in [0.05, 0.1) is 24.5 Å². The summed E-state index contributed by atoms with van der Waals surface area (Å²) in [6.07, 6.45) is -5.28. The second kappa shape index (κ2) is 6.42. The van der Waals surface area contributed by atoms with Gasteiger partial charge >= 0.3 is 6.18 Å². The molecule has 0 aliphatic carbocycles. The first-order chi connectivity index (χ1) is 9.92. The zero-order valence-electron chi connectivity index (χ0n) is 10.9.